The van der Waals surface area contributed by atoms with Gasteiger partial charge in [0, 0.05) is 24.2 Å². The zero-order valence-corrected chi connectivity index (χ0v) is 15.2. The minimum Gasteiger partial charge on any atom is -0.371 e. The number of nitrogens with zero attached hydrogens (tertiary/aromatic N) is 1. The molecule has 0 aromatic heterocycles. The Hall–Kier alpha value is -1.97. The van der Waals surface area contributed by atoms with Gasteiger partial charge in [0.2, 0.25) is 0 Å². The number of hydrogen-bond donors (Lipinski definition) is 0. The van der Waals surface area contributed by atoms with Crippen LogP contribution in [-0.2, 0) is 11.6 Å². The maximum Gasteiger partial charge on any atom is 0.416 e. The summed E-state index contributed by atoms with van der Waals surface area (Å²) in [4.78, 5) is 1.16. The fourth-order valence-electron chi connectivity index (χ4n) is 3.00. The van der Waals surface area contributed by atoms with Crippen molar-refractivity contribution in [3.63, 3.8) is 0 Å². The summed E-state index contributed by atoms with van der Waals surface area (Å²) in [7, 11) is 0. The predicted octanol–water partition coefficient (Wildman–Crippen LogP) is 6.39. The summed E-state index contributed by atoms with van der Waals surface area (Å²) in [6, 6.07) is 11.8. The topological polar surface area (TPSA) is 3.24 Å². The highest BCUT2D eigenvalue weighted by Crippen LogP contribution is 2.34. The molecule has 2 aromatic carbocycles. The Labute approximate surface area is 159 Å². The molecule has 0 N–H and O–H groups in total. The van der Waals surface area contributed by atoms with Crippen LogP contribution in [-0.4, -0.2) is 13.0 Å². The highest BCUT2D eigenvalue weighted by Gasteiger charge is 2.30. The molecule has 0 radical (unpaired) electrons. The van der Waals surface area contributed by atoms with Crippen LogP contribution >= 0.6 is 0 Å². The molecule has 1 saturated heterocycles. The summed E-state index contributed by atoms with van der Waals surface area (Å²) in [6.07, 6.45) is -4.47. The van der Waals surface area contributed by atoms with E-state index in [4.69, 9.17) is 5.48 Å². The molecule has 0 saturated carbocycles. The fraction of sp³-hybridized carbons (Fsp3) is 0.455. The highest BCUT2D eigenvalue weighted by molar-refractivity contribution is 5.49. The van der Waals surface area contributed by atoms with E-state index >= 15 is 0 Å². The molecule has 0 spiro atoms. The van der Waals surface area contributed by atoms with Crippen molar-refractivity contribution in [2.75, 3.05) is 17.9 Å². The molecule has 26 heavy (non-hydrogen) atoms. The number of benzene rings is 2. The number of alkyl halides is 3. The van der Waals surface area contributed by atoms with Crippen LogP contribution in [0.2, 0.25) is 0 Å². The van der Waals surface area contributed by atoms with Crippen LogP contribution in [0.4, 0.5) is 18.9 Å². The maximum atomic E-state index is 12.8. The standard InChI is InChI=1S/C22H26F3N/c1-21(2,3)18-8-10-20(11-9-18)26-14-12-17(13-15-26)16-4-6-19(7-5-16)22(23,24)25/h4-11,17H,12-15H2,1-3H3/i14D2,15D2. The van der Waals surface area contributed by atoms with Crippen LogP contribution in [0, 0.1) is 0 Å². The highest BCUT2D eigenvalue weighted by atomic mass is 19.4. The Morgan fingerprint density at radius 3 is 1.81 bits per heavy atom. The Kier molecular flexibility index (Phi) is 3.79. The number of anilines is 1. The van der Waals surface area contributed by atoms with Gasteiger partial charge in [-0.1, -0.05) is 45.0 Å². The zero-order valence-electron chi connectivity index (χ0n) is 19.2. The van der Waals surface area contributed by atoms with E-state index in [1.54, 1.807) is 12.1 Å². The second kappa shape index (κ2) is 6.98. The predicted molar refractivity (Wildman–Crippen MR) is 101 cm³/mol. The maximum absolute atomic E-state index is 12.8. The van der Waals surface area contributed by atoms with Crippen LogP contribution in [0.15, 0.2) is 48.5 Å². The molecule has 0 bridgehead atoms. The van der Waals surface area contributed by atoms with E-state index in [-0.39, 0.29) is 18.3 Å². The van der Waals surface area contributed by atoms with Crippen molar-refractivity contribution in [1.82, 2.24) is 0 Å². The molecule has 0 amide bonds. The lowest BCUT2D eigenvalue weighted by Crippen LogP contribution is -2.32. The van der Waals surface area contributed by atoms with Gasteiger partial charge in [-0.3, -0.25) is 0 Å². The van der Waals surface area contributed by atoms with Crippen LogP contribution < -0.4 is 4.90 Å². The molecule has 2 aromatic rings. The fourth-order valence-corrected chi connectivity index (χ4v) is 3.00. The summed E-state index contributed by atoms with van der Waals surface area (Å²) in [5, 5.41) is 0. The molecule has 1 nitrogen and oxygen atoms in total. The Balaban J connectivity index is 1.89. The molecule has 0 atom stereocenters. The van der Waals surface area contributed by atoms with Gasteiger partial charge >= 0.3 is 6.18 Å². The SMILES string of the molecule is [2H]C1([2H])CC(c2ccc(C(F)(F)F)cc2)CC([2H])([2H])N1c1ccc(C(C)(C)C)cc1. The number of piperidine rings is 1. The number of rotatable bonds is 2. The molecule has 0 aliphatic carbocycles. The van der Waals surface area contributed by atoms with E-state index in [9.17, 15) is 13.2 Å². The summed E-state index contributed by atoms with van der Waals surface area (Å²) >= 11 is 0. The van der Waals surface area contributed by atoms with E-state index in [0.29, 0.717) is 11.3 Å². The molecule has 4 heteroatoms. The third-order valence-electron chi connectivity index (χ3n) is 4.69. The van der Waals surface area contributed by atoms with Crippen molar-refractivity contribution in [2.24, 2.45) is 0 Å². The third-order valence-corrected chi connectivity index (χ3v) is 4.69. The van der Waals surface area contributed by atoms with Crippen LogP contribution in [0.1, 0.15) is 61.7 Å². The normalized spacial score (nSPS) is 22.9. The molecule has 1 aliphatic heterocycles. The van der Waals surface area contributed by atoms with Gasteiger partial charge in [-0.05, 0) is 59.6 Å². The summed E-state index contributed by atoms with van der Waals surface area (Å²) in [6.45, 7) is 2.19. The minimum atomic E-state index is -4.44. The van der Waals surface area contributed by atoms with Crippen molar-refractivity contribution in [3.05, 3.63) is 65.2 Å². The number of hydrogen-bond acceptors (Lipinski definition) is 1. The Bertz CT molecular complexity index is 867. The van der Waals surface area contributed by atoms with Gasteiger partial charge in [0.15, 0.2) is 0 Å². The van der Waals surface area contributed by atoms with E-state index < -0.39 is 30.7 Å². The molecule has 140 valence electrons. The average Bonchev–Trinajstić information content (AvgIpc) is 2.58. The number of halogens is 3. The summed E-state index contributed by atoms with van der Waals surface area (Å²) in [5.41, 5.74) is 1.18. The summed E-state index contributed by atoms with van der Waals surface area (Å²) < 4.78 is 72.7. The van der Waals surface area contributed by atoms with Gasteiger partial charge in [0.1, 0.15) is 0 Å². The van der Waals surface area contributed by atoms with Gasteiger partial charge in [0.05, 0.1) is 5.56 Å². The molecule has 1 fully saturated rings. The van der Waals surface area contributed by atoms with Crippen molar-refractivity contribution >= 4 is 5.69 Å². The molecule has 3 rings (SSSR count). The lowest BCUT2D eigenvalue weighted by molar-refractivity contribution is -0.137. The van der Waals surface area contributed by atoms with Crippen LogP contribution in [0.25, 0.3) is 0 Å². The van der Waals surface area contributed by atoms with Gasteiger partial charge in [-0.25, -0.2) is 0 Å². The van der Waals surface area contributed by atoms with E-state index in [1.165, 1.54) is 12.1 Å². The minimum absolute atomic E-state index is 0.0150. The molecular weight excluding hydrogens is 335 g/mol. The Morgan fingerprint density at radius 2 is 1.35 bits per heavy atom. The first-order chi connectivity index (χ1) is 13.6. The second-order valence-electron chi connectivity index (χ2n) is 7.67. The second-order valence-corrected chi connectivity index (χ2v) is 7.67. The average molecular weight is 365 g/mol. The monoisotopic (exact) mass is 365 g/mol. The van der Waals surface area contributed by atoms with Crippen LogP contribution in [0.5, 0.6) is 0 Å². The first-order valence-corrected chi connectivity index (χ1v) is 8.69. The molecule has 0 unspecified atom stereocenters. The Morgan fingerprint density at radius 1 is 0.846 bits per heavy atom. The third kappa shape index (κ3) is 4.22. The lowest BCUT2D eigenvalue weighted by atomic mass is 9.86. The van der Waals surface area contributed by atoms with E-state index in [0.717, 1.165) is 22.6 Å². The summed E-state index contributed by atoms with van der Waals surface area (Å²) in [5.74, 6) is -0.526. The smallest absolute Gasteiger partial charge is 0.371 e. The first-order valence-electron chi connectivity index (χ1n) is 10.7. The van der Waals surface area contributed by atoms with E-state index in [1.807, 2.05) is 12.1 Å². The quantitative estimate of drug-likeness (QED) is 0.596. The van der Waals surface area contributed by atoms with Gasteiger partial charge in [-0.2, -0.15) is 13.2 Å². The van der Waals surface area contributed by atoms with Crippen molar-refractivity contribution < 1.29 is 18.7 Å². The van der Waals surface area contributed by atoms with Gasteiger partial charge in [-0.15, -0.1) is 0 Å². The van der Waals surface area contributed by atoms with Crippen molar-refractivity contribution in [2.45, 2.75) is 51.1 Å². The van der Waals surface area contributed by atoms with Gasteiger partial charge < -0.3 is 4.90 Å². The van der Waals surface area contributed by atoms with Crippen molar-refractivity contribution in [1.29, 1.82) is 0 Å². The molecule has 1 heterocycles. The van der Waals surface area contributed by atoms with Gasteiger partial charge in [0.25, 0.3) is 0 Å². The first kappa shape index (κ1) is 14.1. The zero-order chi connectivity index (χ0) is 22.5. The van der Waals surface area contributed by atoms with Crippen molar-refractivity contribution in [3.8, 4) is 0 Å². The lowest BCUT2D eigenvalue weighted by Gasteiger charge is -2.34. The largest absolute Gasteiger partial charge is 0.416 e. The van der Waals surface area contributed by atoms with Crippen LogP contribution in [0.3, 0.4) is 0 Å². The molecule has 1 aliphatic rings. The molecular formula is C22H26F3N. The van der Waals surface area contributed by atoms with E-state index in [2.05, 4.69) is 20.8 Å².